The van der Waals surface area contributed by atoms with Gasteiger partial charge in [-0.1, -0.05) is 90.4 Å². The SMILES string of the molecule is CCCCCCCCCCCCCCCCn1ccc(C)n1.Cl. The summed E-state index contributed by atoms with van der Waals surface area (Å²) in [5.41, 5.74) is 1.13. The van der Waals surface area contributed by atoms with E-state index in [1.165, 1.54) is 89.9 Å². The van der Waals surface area contributed by atoms with Crippen LogP contribution in [-0.4, -0.2) is 9.78 Å². The monoisotopic (exact) mass is 342 g/mol. The summed E-state index contributed by atoms with van der Waals surface area (Å²) in [7, 11) is 0. The van der Waals surface area contributed by atoms with Gasteiger partial charge in [0.2, 0.25) is 0 Å². The minimum absolute atomic E-state index is 0. The molecule has 0 aliphatic carbocycles. The lowest BCUT2D eigenvalue weighted by atomic mass is 10.0. The van der Waals surface area contributed by atoms with Crippen LogP contribution in [-0.2, 0) is 6.54 Å². The van der Waals surface area contributed by atoms with Crippen molar-refractivity contribution in [2.45, 2.75) is 110 Å². The number of hydrogen-bond donors (Lipinski definition) is 0. The predicted octanol–water partition coefficient (Wildman–Crippen LogP) is 7.09. The second-order valence-electron chi connectivity index (χ2n) is 6.82. The molecule has 0 spiro atoms. The molecule has 0 fully saturated rings. The van der Waals surface area contributed by atoms with Gasteiger partial charge in [0.05, 0.1) is 5.69 Å². The van der Waals surface area contributed by atoms with Crippen LogP contribution in [0, 0.1) is 6.92 Å². The minimum Gasteiger partial charge on any atom is -0.273 e. The van der Waals surface area contributed by atoms with Crippen molar-refractivity contribution in [3.05, 3.63) is 18.0 Å². The maximum absolute atomic E-state index is 4.43. The first-order valence-corrected chi connectivity index (χ1v) is 9.83. The third-order valence-corrected chi connectivity index (χ3v) is 4.51. The quantitative estimate of drug-likeness (QED) is 0.311. The van der Waals surface area contributed by atoms with Crippen molar-refractivity contribution in [1.82, 2.24) is 9.78 Å². The van der Waals surface area contributed by atoms with Crippen LogP contribution in [0.25, 0.3) is 0 Å². The molecule has 0 aliphatic heterocycles. The molecule has 3 heteroatoms. The van der Waals surface area contributed by atoms with Crippen LogP contribution < -0.4 is 0 Å². The Morgan fingerprint density at radius 1 is 0.739 bits per heavy atom. The molecule has 0 atom stereocenters. The zero-order valence-electron chi connectivity index (χ0n) is 15.6. The summed E-state index contributed by atoms with van der Waals surface area (Å²) >= 11 is 0. The Kier molecular flexibility index (Phi) is 16.0. The van der Waals surface area contributed by atoms with Gasteiger partial charge in [-0.3, -0.25) is 4.68 Å². The van der Waals surface area contributed by atoms with Gasteiger partial charge in [0.15, 0.2) is 0 Å². The van der Waals surface area contributed by atoms with E-state index >= 15 is 0 Å². The molecule has 0 N–H and O–H groups in total. The molecule has 0 aliphatic rings. The van der Waals surface area contributed by atoms with Gasteiger partial charge in [0, 0.05) is 12.7 Å². The fourth-order valence-electron chi connectivity index (χ4n) is 3.06. The van der Waals surface area contributed by atoms with Crippen LogP contribution in [0.2, 0.25) is 0 Å². The Morgan fingerprint density at radius 3 is 1.57 bits per heavy atom. The summed E-state index contributed by atoms with van der Waals surface area (Å²) in [6.45, 7) is 5.44. The van der Waals surface area contributed by atoms with E-state index in [4.69, 9.17) is 0 Å². The summed E-state index contributed by atoms with van der Waals surface area (Å²) in [5, 5.41) is 4.43. The van der Waals surface area contributed by atoms with Crippen LogP contribution in [0.3, 0.4) is 0 Å². The molecular weight excluding hydrogens is 304 g/mol. The van der Waals surface area contributed by atoms with Crippen molar-refractivity contribution in [2.24, 2.45) is 0 Å². The molecule has 0 saturated carbocycles. The van der Waals surface area contributed by atoms with Crippen molar-refractivity contribution < 1.29 is 0 Å². The highest BCUT2D eigenvalue weighted by Gasteiger charge is 1.96. The lowest BCUT2D eigenvalue weighted by molar-refractivity contribution is 0.510. The molecule has 1 rings (SSSR count). The molecule has 2 nitrogen and oxygen atoms in total. The van der Waals surface area contributed by atoms with Crippen LogP contribution in [0.15, 0.2) is 12.3 Å². The number of unbranched alkanes of at least 4 members (excludes halogenated alkanes) is 13. The molecule has 0 amide bonds. The highest BCUT2D eigenvalue weighted by atomic mass is 35.5. The lowest BCUT2D eigenvalue weighted by Crippen LogP contribution is -1.98. The highest BCUT2D eigenvalue weighted by Crippen LogP contribution is 2.13. The number of halogens is 1. The zero-order valence-corrected chi connectivity index (χ0v) is 16.4. The summed E-state index contributed by atoms with van der Waals surface area (Å²) in [5.74, 6) is 0. The first kappa shape index (κ1) is 22.5. The number of aromatic nitrogens is 2. The minimum atomic E-state index is 0. The second kappa shape index (κ2) is 16.4. The third kappa shape index (κ3) is 13.6. The summed E-state index contributed by atoms with van der Waals surface area (Å²) in [4.78, 5) is 0. The first-order valence-electron chi connectivity index (χ1n) is 9.83. The topological polar surface area (TPSA) is 17.8 Å². The Hall–Kier alpha value is -0.500. The second-order valence-corrected chi connectivity index (χ2v) is 6.82. The van der Waals surface area contributed by atoms with E-state index in [-0.39, 0.29) is 12.4 Å². The molecule has 0 radical (unpaired) electrons. The maximum atomic E-state index is 4.43. The number of nitrogens with zero attached hydrogens (tertiary/aromatic N) is 2. The average Bonchev–Trinajstić information content (AvgIpc) is 2.93. The Balaban J connectivity index is 0.00000484. The van der Waals surface area contributed by atoms with Crippen LogP contribution in [0.5, 0.6) is 0 Å². The molecule has 0 unspecified atom stereocenters. The fourth-order valence-corrected chi connectivity index (χ4v) is 3.06. The van der Waals surface area contributed by atoms with Gasteiger partial charge in [-0.25, -0.2) is 0 Å². The fraction of sp³-hybridized carbons (Fsp3) is 0.850. The van der Waals surface area contributed by atoms with E-state index in [2.05, 4.69) is 35.9 Å². The molecule has 0 aromatic carbocycles. The van der Waals surface area contributed by atoms with E-state index in [1.807, 2.05) is 0 Å². The molecule has 0 bridgehead atoms. The Morgan fingerprint density at radius 2 is 1.17 bits per heavy atom. The summed E-state index contributed by atoms with van der Waals surface area (Å²) in [6, 6.07) is 2.09. The van der Waals surface area contributed by atoms with Crippen molar-refractivity contribution >= 4 is 12.4 Å². The normalized spacial score (nSPS) is 10.7. The van der Waals surface area contributed by atoms with Crippen LogP contribution in [0.1, 0.15) is 103 Å². The van der Waals surface area contributed by atoms with Crippen LogP contribution in [0.4, 0.5) is 0 Å². The summed E-state index contributed by atoms with van der Waals surface area (Å²) in [6.07, 6.45) is 22.0. The zero-order chi connectivity index (χ0) is 15.9. The number of hydrogen-bond acceptors (Lipinski definition) is 1. The molecular formula is C20H39ClN2. The largest absolute Gasteiger partial charge is 0.273 e. The lowest BCUT2D eigenvalue weighted by Gasteiger charge is -2.03. The maximum Gasteiger partial charge on any atom is 0.0593 e. The van der Waals surface area contributed by atoms with Gasteiger partial charge in [0.1, 0.15) is 0 Å². The first-order chi connectivity index (χ1) is 10.8. The number of aryl methyl sites for hydroxylation is 2. The van der Waals surface area contributed by atoms with Crippen LogP contribution >= 0.6 is 12.4 Å². The van der Waals surface area contributed by atoms with Gasteiger partial charge in [-0.2, -0.15) is 5.10 Å². The smallest absolute Gasteiger partial charge is 0.0593 e. The van der Waals surface area contributed by atoms with Crippen molar-refractivity contribution in [2.75, 3.05) is 0 Å². The average molecular weight is 343 g/mol. The van der Waals surface area contributed by atoms with E-state index in [9.17, 15) is 0 Å². The van der Waals surface area contributed by atoms with Gasteiger partial charge in [-0.05, 0) is 19.4 Å². The molecule has 1 aromatic rings. The highest BCUT2D eigenvalue weighted by molar-refractivity contribution is 5.85. The molecule has 1 aromatic heterocycles. The molecule has 1 heterocycles. The van der Waals surface area contributed by atoms with Gasteiger partial charge >= 0.3 is 0 Å². The van der Waals surface area contributed by atoms with Crippen molar-refractivity contribution in [3.8, 4) is 0 Å². The van der Waals surface area contributed by atoms with E-state index in [1.54, 1.807) is 0 Å². The number of rotatable bonds is 15. The van der Waals surface area contributed by atoms with Crippen molar-refractivity contribution in [3.63, 3.8) is 0 Å². The van der Waals surface area contributed by atoms with Gasteiger partial charge < -0.3 is 0 Å². The van der Waals surface area contributed by atoms with E-state index in [0.717, 1.165) is 12.2 Å². The Bertz CT molecular complexity index is 349. The molecule has 23 heavy (non-hydrogen) atoms. The van der Waals surface area contributed by atoms with E-state index in [0.29, 0.717) is 0 Å². The Labute approximate surface area is 150 Å². The predicted molar refractivity (Wildman–Crippen MR) is 105 cm³/mol. The molecule has 0 saturated heterocycles. The summed E-state index contributed by atoms with van der Waals surface area (Å²) < 4.78 is 2.08. The molecule has 136 valence electrons. The van der Waals surface area contributed by atoms with Gasteiger partial charge in [0.25, 0.3) is 0 Å². The standard InChI is InChI=1S/C20H38N2.ClH/c1-3-4-5-6-7-8-9-10-11-12-13-14-15-16-18-22-19-17-20(2)21-22;/h17,19H,3-16,18H2,1-2H3;1H. The van der Waals surface area contributed by atoms with E-state index < -0.39 is 0 Å². The third-order valence-electron chi connectivity index (χ3n) is 4.51. The van der Waals surface area contributed by atoms with Gasteiger partial charge in [-0.15, -0.1) is 12.4 Å². The van der Waals surface area contributed by atoms with Crippen molar-refractivity contribution in [1.29, 1.82) is 0 Å².